The SMILES string of the molecule is C=Cc1c(C(C)C)cnc(C)c1C=C. The van der Waals surface area contributed by atoms with Crippen LogP contribution in [0.25, 0.3) is 12.2 Å². The number of aromatic nitrogens is 1. The summed E-state index contributed by atoms with van der Waals surface area (Å²) in [4.78, 5) is 4.36. The van der Waals surface area contributed by atoms with Crippen molar-refractivity contribution >= 4 is 12.2 Å². The second-order valence-electron chi connectivity index (χ2n) is 3.69. The van der Waals surface area contributed by atoms with Gasteiger partial charge in [0.2, 0.25) is 0 Å². The third-order valence-corrected chi connectivity index (χ3v) is 2.42. The monoisotopic (exact) mass is 187 g/mol. The number of rotatable bonds is 3. The first-order chi connectivity index (χ1) is 6.61. The quantitative estimate of drug-likeness (QED) is 0.701. The van der Waals surface area contributed by atoms with E-state index < -0.39 is 0 Å². The second kappa shape index (κ2) is 4.23. The van der Waals surface area contributed by atoms with Gasteiger partial charge in [0.15, 0.2) is 0 Å². The van der Waals surface area contributed by atoms with Crippen LogP contribution in [0.1, 0.15) is 42.1 Å². The van der Waals surface area contributed by atoms with Crippen molar-refractivity contribution in [1.82, 2.24) is 4.98 Å². The van der Waals surface area contributed by atoms with Crippen molar-refractivity contribution in [3.05, 3.63) is 41.7 Å². The van der Waals surface area contributed by atoms with Crippen LogP contribution in [0.2, 0.25) is 0 Å². The van der Waals surface area contributed by atoms with E-state index in [4.69, 9.17) is 0 Å². The molecular formula is C13H17N. The van der Waals surface area contributed by atoms with Gasteiger partial charge in [0, 0.05) is 17.5 Å². The Morgan fingerprint density at radius 3 is 2.21 bits per heavy atom. The highest BCUT2D eigenvalue weighted by molar-refractivity contribution is 5.67. The molecule has 0 saturated carbocycles. The largest absolute Gasteiger partial charge is 0.261 e. The first-order valence-electron chi connectivity index (χ1n) is 4.86. The van der Waals surface area contributed by atoms with E-state index in [1.54, 1.807) is 0 Å². The molecule has 0 unspecified atom stereocenters. The van der Waals surface area contributed by atoms with Gasteiger partial charge in [0.1, 0.15) is 0 Å². The molecule has 74 valence electrons. The molecule has 0 saturated heterocycles. The normalized spacial score (nSPS) is 10.3. The number of aryl methyl sites for hydroxylation is 1. The topological polar surface area (TPSA) is 12.9 Å². The molecule has 0 aliphatic heterocycles. The van der Waals surface area contributed by atoms with Crippen molar-refractivity contribution in [2.24, 2.45) is 0 Å². The highest BCUT2D eigenvalue weighted by Crippen LogP contribution is 2.25. The number of hydrogen-bond acceptors (Lipinski definition) is 1. The highest BCUT2D eigenvalue weighted by atomic mass is 14.7. The van der Waals surface area contributed by atoms with Crippen molar-refractivity contribution < 1.29 is 0 Å². The van der Waals surface area contributed by atoms with Crippen molar-refractivity contribution in [3.63, 3.8) is 0 Å². The molecule has 0 bridgehead atoms. The van der Waals surface area contributed by atoms with Gasteiger partial charge in [0.05, 0.1) is 0 Å². The Bertz CT molecular complexity index is 362. The number of hydrogen-bond donors (Lipinski definition) is 0. The van der Waals surface area contributed by atoms with Crippen LogP contribution < -0.4 is 0 Å². The Kier molecular flexibility index (Phi) is 3.23. The Labute approximate surface area is 86.2 Å². The molecule has 0 aromatic carbocycles. The van der Waals surface area contributed by atoms with Crippen LogP contribution in [0, 0.1) is 6.92 Å². The van der Waals surface area contributed by atoms with Gasteiger partial charge in [-0.1, -0.05) is 39.2 Å². The van der Waals surface area contributed by atoms with Gasteiger partial charge < -0.3 is 0 Å². The minimum Gasteiger partial charge on any atom is -0.261 e. The summed E-state index contributed by atoms with van der Waals surface area (Å²) in [7, 11) is 0. The summed E-state index contributed by atoms with van der Waals surface area (Å²) in [5, 5.41) is 0. The van der Waals surface area contributed by atoms with E-state index in [9.17, 15) is 0 Å². The zero-order valence-electron chi connectivity index (χ0n) is 9.17. The molecule has 0 fully saturated rings. The molecule has 1 heterocycles. The fourth-order valence-corrected chi connectivity index (χ4v) is 1.60. The van der Waals surface area contributed by atoms with E-state index in [1.165, 1.54) is 11.1 Å². The first-order valence-corrected chi connectivity index (χ1v) is 4.86. The minimum absolute atomic E-state index is 0.467. The van der Waals surface area contributed by atoms with Crippen LogP contribution in [0.4, 0.5) is 0 Å². The Balaban J connectivity index is 3.48. The lowest BCUT2D eigenvalue weighted by Gasteiger charge is -2.13. The summed E-state index contributed by atoms with van der Waals surface area (Å²) >= 11 is 0. The van der Waals surface area contributed by atoms with E-state index in [-0.39, 0.29) is 0 Å². The lowest BCUT2D eigenvalue weighted by atomic mass is 9.94. The molecule has 0 aliphatic carbocycles. The molecule has 0 spiro atoms. The lowest BCUT2D eigenvalue weighted by Crippen LogP contribution is -1.99. The number of nitrogens with zero attached hydrogens (tertiary/aromatic N) is 1. The van der Waals surface area contributed by atoms with E-state index >= 15 is 0 Å². The average Bonchev–Trinajstić information content (AvgIpc) is 2.16. The highest BCUT2D eigenvalue weighted by Gasteiger charge is 2.09. The van der Waals surface area contributed by atoms with E-state index in [0.717, 1.165) is 11.3 Å². The molecule has 0 amide bonds. The van der Waals surface area contributed by atoms with Gasteiger partial charge in [-0.15, -0.1) is 0 Å². The van der Waals surface area contributed by atoms with Crippen molar-refractivity contribution in [3.8, 4) is 0 Å². The lowest BCUT2D eigenvalue weighted by molar-refractivity contribution is 0.851. The maximum absolute atomic E-state index is 4.36. The molecule has 0 atom stereocenters. The fourth-order valence-electron chi connectivity index (χ4n) is 1.60. The zero-order valence-corrected chi connectivity index (χ0v) is 9.17. The summed E-state index contributed by atoms with van der Waals surface area (Å²) in [6, 6.07) is 0. The molecular weight excluding hydrogens is 170 g/mol. The predicted octanol–water partition coefficient (Wildman–Crippen LogP) is 3.80. The Hall–Kier alpha value is -1.37. The molecule has 1 aromatic rings. The summed E-state index contributed by atoms with van der Waals surface area (Å²) in [5.74, 6) is 0.467. The Morgan fingerprint density at radius 1 is 1.21 bits per heavy atom. The zero-order chi connectivity index (χ0) is 10.7. The maximum atomic E-state index is 4.36. The average molecular weight is 187 g/mol. The third-order valence-electron chi connectivity index (χ3n) is 2.42. The molecule has 0 aliphatic rings. The van der Waals surface area contributed by atoms with Crippen LogP contribution in [-0.2, 0) is 0 Å². The summed E-state index contributed by atoms with van der Waals surface area (Å²) in [6.07, 6.45) is 5.68. The van der Waals surface area contributed by atoms with Crippen LogP contribution in [0.3, 0.4) is 0 Å². The maximum Gasteiger partial charge on any atom is 0.0450 e. The fraction of sp³-hybridized carbons (Fsp3) is 0.308. The van der Waals surface area contributed by atoms with Gasteiger partial charge in [-0.25, -0.2) is 0 Å². The van der Waals surface area contributed by atoms with Gasteiger partial charge >= 0.3 is 0 Å². The van der Waals surface area contributed by atoms with Crippen LogP contribution in [0.15, 0.2) is 19.4 Å². The summed E-state index contributed by atoms with van der Waals surface area (Å²) < 4.78 is 0. The van der Waals surface area contributed by atoms with Crippen molar-refractivity contribution in [1.29, 1.82) is 0 Å². The summed E-state index contributed by atoms with van der Waals surface area (Å²) in [6.45, 7) is 14.0. The number of pyridine rings is 1. The molecule has 14 heavy (non-hydrogen) atoms. The van der Waals surface area contributed by atoms with Crippen molar-refractivity contribution in [2.75, 3.05) is 0 Å². The molecule has 1 nitrogen and oxygen atoms in total. The molecule has 0 N–H and O–H groups in total. The molecule has 1 rings (SSSR count). The van der Waals surface area contributed by atoms with Crippen LogP contribution in [0.5, 0.6) is 0 Å². The van der Waals surface area contributed by atoms with Gasteiger partial charge in [0.25, 0.3) is 0 Å². The molecule has 1 aromatic heterocycles. The summed E-state index contributed by atoms with van der Waals surface area (Å²) in [5.41, 5.74) is 4.52. The first kappa shape index (κ1) is 10.7. The second-order valence-corrected chi connectivity index (χ2v) is 3.69. The van der Waals surface area contributed by atoms with Gasteiger partial charge in [-0.05, 0) is 24.0 Å². The predicted molar refractivity (Wildman–Crippen MR) is 63.2 cm³/mol. The standard InChI is InChI=1S/C13H17N/c1-6-11-10(5)14-8-13(9(3)4)12(11)7-2/h6-9H,1-2H2,3-5H3. The minimum atomic E-state index is 0.467. The van der Waals surface area contributed by atoms with Gasteiger partial charge in [-0.2, -0.15) is 0 Å². The van der Waals surface area contributed by atoms with Crippen molar-refractivity contribution in [2.45, 2.75) is 26.7 Å². The Morgan fingerprint density at radius 2 is 1.79 bits per heavy atom. The van der Waals surface area contributed by atoms with E-state index in [2.05, 4.69) is 32.0 Å². The van der Waals surface area contributed by atoms with Crippen LogP contribution in [-0.4, -0.2) is 4.98 Å². The van der Waals surface area contributed by atoms with Crippen LogP contribution >= 0.6 is 0 Å². The van der Waals surface area contributed by atoms with E-state index in [1.807, 2.05) is 25.3 Å². The van der Waals surface area contributed by atoms with Gasteiger partial charge in [-0.3, -0.25) is 4.98 Å². The smallest absolute Gasteiger partial charge is 0.0450 e. The molecule has 1 heteroatoms. The molecule has 0 radical (unpaired) electrons. The third kappa shape index (κ3) is 1.77. The van der Waals surface area contributed by atoms with E-state index in [0.29, 0.717) is 5.92 Å².